The lowest BCUT2D eigenvalue weighted by atomic mass is 10.0. The summed E-state index contributed by atoms with van der Waals surface area (Å²) >= 11 is 0. The van der Waals surface area contributed by atoms with Gasteiger partial charge in [0.1, 0.15) is 6.04 Å². The Balaban J connectivity index is 1.96. The molecule has 0 unspecified atom stereocenters. The normalized spacial score (nSPS) is 12.7. The molecule has 9 heteroatoms. The molecule has 0 aliphatic heterocycles. The van der Waals surface area contributed by atoms with E-state index >= 15 is 0 Å². The molecule has 154 valence electrons. The van der Waals surface area contributed by atoms with Crippen molar-refractivity contribution in [3.63, 3.8) is 0 Å². The van der Waals surface area contributed by atoms with Gasteiger partial charge in [-0.1, -0.05) is 13.8 Å². The summed E-state index contributed by atoms with van der Waals surface area (Å²) in [4.78, 5) is 48.0. The van der Waals surface area contributed by atoms with Gasteiger partial charge in [0.2, 0.25) is 5.91 Å². The molecule has 0 saturated carbocycles. The van der Waals surface area contributed by atoms with Gasteiger partial charge in [0.25, 0.3) is 11.8 Å². The summed E-state index contributed by atoms with van der Waals surface area (Å²) in [5.41, 5.74) is 5.88. The van der Waals surface area contributed by atoms with Gasteiger partial charge < -0.3 is 25.5 Å². The van der Waals surface area contributed by atoms with Gasteiger partial charge in [-0.15, -0.1) is 0 Å². The van der Waals surface area contributed by atoms with Crippen LogP contribution in [-0.4, -0.2) is 35.8 Å². The molecule has 0 spiro atoms. The Morgan fingerprint density at radius 2 is 1.69 bits per heavy atom. The van der Waals surface area contributed by atoms with E-state index in [1.807, 2.05) is 0 Å². The van der Waals surface area contributed by atoms with E-state index in [1.54, 1.807) is 19.9 Å². The zero-order valence-electron chi connectivity index (χ0n) is 16.3. The molecular weight excluding hydrogens is 378 g/mol. The van der Waals surface area contributed by atoms with Crippen LogP contribution in [0.25, 0.3) is 0 Å². The van der Waals surface area contributed by atoms with Crippen LogP contribution in [0.2, 0.25) is 0 Å². The van der Waals surface area contributed by atoms with Crippen LogP contribution in [0.3, 0.4) is 0 Å². The van der Waals surface area contributed by atoms with Crippen molar-refractivity contribution in [1.82, 2.24) is 5.32 Å². The number of nitrogens with two attached hydrogens (primary N) is 1. The first kappa shape index (κ1) is 21.7. The van der Waals surface area contributed by atoms with Crippen molar-refractivity contribution in [3.05, 3.63) is 54.0 Å². The molecule has 1 aromatic heterocycles. The van der Waals surface area contributed by atoms with Crippen molar-refractivity contribution in [3.8, 4) is 0 Å². The van der Waals surface area contributed by atoms with Crippen LogP contribution in [0.5, 0.6) is 0 Å². The summed E-state index contributed by atoms with van der Waals surface area (Å²) in [6, 6.07) is 8.01. The third kappa shape index (κ3) is 5.93. The summed E-state index contributed by atoms with van der Waals surface area (Å²) in [5.74, 6) is -2.66. The minimum atomic E-state index is -1.11. The van der Waals surface area contributed by atoms with Crippen molar-refractivity contribution in [2.45, 2.75) is 32.9 Å². The van der Waals surface area contributed by atoms with Gasteiger partial charge in [0.05, 0.1) is 6.26 Å². The Labute approximate surface area is 167 Å². The Bertz CT molecular complexity index is 874. The second kappa shape index (κ2) is 9.54. The first-order valence-corrected chi connectivity index (χ1v) is 8.94. The number of primary amides is 1. The molecule has 2 rings (SSSR count). The molecule has 0 radical (unpaired) electrons. The summed E-state index contributed by atoms with van der Waals surface area (Å²) in [5, 5.41) is 5.12. The van der Waals surface area contributed by atoms with Gasteiger partial charge in [0, 0.05) is 11.3 Å². The molecule has 1 heterocycles. The lowest BCUT2D eigenvalue weighted by Crippen LogP contribution is -2.47. The molecule has 0 saturated heterocycles. The summed E-state index contributed by atoms with van der Waals surface area (Å²) < 4.78 is 10.2. The molecule has 0 fully saturated rings. The fourth-order valence-corrected chi connectivity index (χ4v) is 2.38. The molecule has 2 aromatic rings. The number of amides is 3. The average molecular weight is 401 g/mol. The second-order valence-electron chi connectivity index (χ2n) is 6.68. The van der Waals surface area contributed by atoms with Gasteiger partial charge in [0.15, 0.2) is 11.9 Å². The fourth-order valence-electron chi connectivity index (χ4n) is 2.38. The molecule has 29 heavy (non-hydrogen) atoms. The van der Waals surface area contributed by atoms with Gasteiger partial charge in [-0.2, -0.15) is 0 Å². The monoisotopic (exact) mass is 401 g/mol. The van der Waals surface area contributed by atoms with E-state index in [-0.39, 0.29) is 11.7 Å². The number of hydrogen-bond acceptors (Lipinski definition) is 6. The summed E-state index contributed by atoms with van der Waals surface area (Å²) in [7, 11) is 0. The summed E-state index contributed by atoms with van der Waals surface area (Å²) in [6.07, 6.45) is 0.236. The Morgan fingerprint density at radius 3 is 2.21 bits per heavy atom. The summed E-state index contributed by atoms with van der Waals surface area (Å²) in [6.45, 7) is 4.88. The van der Waals surface area contributed by atoms with Crippen molar-refractivity contribution >= 4 is 29.4 Å². The highest BCUT2D eigenvalue weighted by Gasteiger charge is 2.29. The van der Waals surface area contributed by atoms with Crippen molar-refractivity contribution in [2.75, 3.05) is 5.32 Å². The molecule has 0 aliphatic carbocycles. The third-order valence-corrected chi connectivity index (χ3v) is 4.05. The highest BCUT2D eigenvalue weighted by atomic mass is 16.5. The maximum absolute atomic E-state index is 12.5. The zero-order valence-corrected chi connectivity index (χ0v) is 16.3. The smallest absolute Gasteiger partial charge is 0.329 e. The van der Waals surface area contributed by atoms with Gasteiger partial charge in [-0.3, -0.25) is 14.4 Å². The molecule has 3 amide bonds. The number of furan rings is 1. The molecule has 2 atom stereocenters. The average Bonchev–Trinajstić information content (AvgIpc) is 3.20. The lowest BCUT2D eigenvalue weighted by Gasteiger charge is -2.22. The van der Waals surface area contributed by atoms with Crippen molar-refractivity contribution in [1.29, 1.82) is 0 Å². The minimum absolute atomic E-state index is 0.0636. The number of anilines is 1. The van der Waals surface area contributed by atoms with Crippen molar-refractivity contribution in [2.24, 2.45) is 11.7 Å². The quantitative estimate of drug-likeness (QED) is 0.575. The standard InChI is InChI=1S/C20H23N3O6/c1-11(2)16(23-19(26)15-5-4-10-28-15)20(27)29-12(3)18(25)22-14-8-6-13(7-9-14)17(21)24/h4-12,16H,1-3H3,(H2,21,24)(H,22,25)(H,23,26)/t12-,16-/m0/s1. The number of carbonyl (C=O) groups is 4. The fraction of sp³-hybridized carbons (Fsp3) is 0.300. The topological polar surface area (TPSA) is 141 Å². The van der Waals surface area contributed by atoms with E-state index in [2.05, 4.69) is 10.6 Å². The number of benzene rings is 1. The maximum Gasteiger partial charge on any atom is 0.329 e. The van der Waals surface area contributed by atoms with E-state index in [9.17, 15) is 19.2 Å². The molecule has 9 nitrogen and oxygen atoms in total. The molecule has 0 aliphatic rings. The predicted molar refractivity (Wildman–Crippen MR) is 104 cm³/mol. The SMILES string of the molecule is CC(C)[C@H](NC(=O)c1ccco1)C(=O)O[C@@H](C)C(=O)Nc1ccc(C(N)=O)cc1. The van der Waals surface area contributed by atoms with Crippen LogP contribution < -0.4 is 16.4 Å². The first-order valence-electron chi connectivity index (χ1n) is 8.94. The number of hydrogen-bond donors (Lipinski definition) is 3. The lowest BCUT2D eigenvalue weighted by molar-refractivity contribution is -0.156. The van der Waals surface area contributed by atoms with E-state index in [4.69, 9.17) is 14.9 Å². The molecular formula is C20H23N3O6. The highest BCUT2D eigenvalue weighted by molar-refractivity contribution is 5.98. The number of carbonyl (C=O) groups excluding carboxylic acids is 4. The first-order chi connectivity index (χ1) is 13.7. The van der Waals surface area contributed by atoms with E-state index < -0.39 is 35.8 Å². The third-order valence-electron chi connectivity index (χ3n) is 4.05. The number of nitrogens with one attached hydrogen (secondary N) is 2. The van der Waals surface area contributed by atoms with Crippen LogP contribution in [0.1, 0.15) is 41.7 Å². The zero-order chi connectivity index (χ0) is 21.6. The second-order valence-corrected chi connectivity index (χ2v) is 6.68. The molecule has 4 N–H and O–H groups in total. The van der Waals surface area contributed by atoms with E-state index in [0.717, 1.165) is 0 Å². The van der Waals surface area contributed by atoms with Crippen LogP contribution in [0.15, 0.2) is 47.1 Å². The largest absolute Gasteiger partial charge is 0.459 e. The maximum atomic E-state index is 12.5. The predicted octanol–water partition coefficient (Wildman–Crippen LogP) is 1.70. The van der Waals surface area contributed by atoms with E-state index in [0.29, 0.717) is 11.3 Å². The van der Waals surface area contributed by atoms with Crippen molar-refractivity contribution < 1.29 is 28.3 Å². The van der Waals surface area contributed by atoms with Crippen LogP contribution in [-0.2, 0) is 14.3 Å². The van der Waals surface area contributed by atoms with E-state index in [1.165, 1.54) is 43.5 Å². The number of rotatable bonds is 8. The highest BCUT2D eigenvalue weighted by Crippen LogP contribution is 2.12. The molecule has 0 bridgehead atoms. The Hall–Kier alpha value is -3.62. The van der Waals surface area contributed by atoms with Gasteiger partial charge >= 0.3 is 5.97 Å². The molecule has 1 aromatic carbocycles. The van der Waals surface area contributed by atoms with Crippen LogP contribution >= 0.6 is 0 Å². The van der Waals surface area contributed by atoms with Gasteiger partial charge in [-0.05, 0) is 49.2 Å². The van der Waals surface area contributed by atoms with Crippen LogP contribution in [0, 0.1) is 5.92 Å². The van der Waals surface area contributed by atoms with Gasteiger partial charge in [-0.25, -0.2) is 4.79 Å². The Morgan fingerprint density at radius 1 is 1.03 bits per heavy atom. The Kier molecular flexibility index (Phi) is 7.13. The van der Waals surface area contributed by atoms with Crippen LogP contribution in [0.4, 0.5) is 5.69 Å². The minimum Gasteiger partial charge on any atom is -0.459 e. The number of esters is 1. The number of ether oxygens (including phenoxy) is 1.